The molecule has 12 heavy (non-hydrogen) atoms. The van der Waals surface area contributed by atoms with Gasteiger partial charge in [0.25, 0.3) is 0 Å². The van der Waals surface area contributed by atoms with Crippen LogP contribution in [0.1, 0.15) is 32.6 Å². The quantitative estimate of drug-likeness (QED) is 0.606. The van der Waals surface area contributed by atoms with Gasteiger partial charge in [-0.05, 0) is 31.1 Å². The Morgan fingerprint density at radius 3 is 2.58 bits per heavy atom. The first-order valence-corrected chi connectivity index (χ1v) is 5.50. The Hall–Kier alpha value is 0.250. The standard InChI is InChI=1S/C10H17ClO/c1-8-5-10(7-11,12-6-8)9-3-2-4-9/h8-9H,2-7H2,1H3. The fourth-order valence-corrected chi connectivity index (χ4v) is 2.84. The number of halogens is 1. The summed E-state index contributed by atoms with van der Waals surface area (Å²) in [6.07, 6.45) is 5.22. The molecular formula is C10H17ClO. The molecule has 2 heteroatoms. The largest absolute Gasteiger partial charge is 0.373 e. The normalized spacial score (nSPS) is 43.0. The van der Waals surface area contributed by atoms with Crippen molar-refractivity contribution in [3.63, 3.8) is 0 Å². The number of ether oxygens (including phenoxy) is 1. The first-order valence-electron chi connectivity index (χ1n) is 4.97. The first kappa shape index (κ1) is 8.83. The van der Waals surface area contributed by atoms with Crippen LogP contribution in [0.2, 0.25) is 0 Å². The van der Waals surface area contributed by atoms with Crippen molar-refractivity contribution in [1.82, 2.24) is 0 Å². The lowest BCUT2D eigenvalue weighted by Gasteiger charge is -2.40. The minimum atomic E-state index is 0.0687. The lowest BCUT2D eigenvalue weighted by molar-refractivity contribution is -0.0531. The van der Waals surface area contributed by atoms with Crippen LogP contribution in [0, 0.1) is 11.8 Å². The van der Waals surface area contributed by atoms with E-state index < -0.39 is 0 Å². The molecule has 2 rings (SSSR count). The van der Waals surface area contributed by atoms with Crippen LogP contribution in [0.5, 0.6) is 0 Å². The fourth-order valence-electron chi connectivity index (χ4n) is 2.44. The topological polar surface area (TPSA) is 9.23 Å². The van der Waals surface area contributed by atoms with Crippen LogP contribution in [0.15, 0.2) is 0 Å². The molecule has 1 saturated carbocycles. The Balaban J connectivity index is 2.03. The number of rotatable bonds is 2. The van der Waals surface area contributed by atoms with E-state index >= 15 is 0 Å². The summed E-state index contributed by atoms with van der Waals surface area (Å²) in [6.45, 7) is 3.18. The highest BCUT2D eigenvalue weighted by Crippen LogP contribution is 2.46. The highest BCUT2D eigenvalue weighted by Gasteiger charge is 2.46. The zero-order valence-corrected chi connectivity index (χ0v) is 8.44. The van der Waals surface area contributed by atoms with Gasteiger partial charge in [0.15, 0.2) is 0 Å². The van der Waals surface area contributed by atoms with Crippen molar-refractivity contribution >= 4 is 11.6 Å². The Morgan fingerprint density at radius 2 is 2.25 bits per heavy atom. The SMILES string of the molecule is CC1COC(CCl)(C2CCC2)C1. The molecule has 0 spiro atoms. The smallest absolute Gasteiger partial charge is 0.0848 e. The van der Waals surface area contributed by atoms with E-state index in [-0.39, 0.29) is 5.60 Å². The van der Waals surface area contributed by atoms with E-state index in [1.165, 1.54) is 25.7 Å². The maximum absolute atomic E-state index is 6.01. The van der Waals surface area contributed by atoms with E-state index in [1.807, 2.05) is 0 Å². The van der Waals surface area contributed by atoms with E-state index in [2.05, 4.69) is 6.92 Å². The number of hydrogen-bond acceptors (Lipinski definition) is 1. The Labute approximate surface area is 79.4 Å². The average molecular weight is 189 g/mol. The monoisotopic (exact) mass is 188 g/mol. The molecule has 0 amide bonds. The molecule has 1 aliphatic carbocycles. The van der Waals surface area contributed by atoms with Crippen LogP contribution in [-0.2, 0) is 4.74 Å². The van der Waals surface area contributed by atoms with E-state index in [1.54, 1.807) is 0 Å². The molecule has 2 aliphatic rings. The van der Waals surface area contributed by atoms with E-state index in [9.17, 15) is 0 Å². The van der Waals surface area contributed by atoms with Gasteiger partial charge in [-0.25, -0.2) is 0 Å². The Kier molecular flexibility index (Phi) is 2.35. The predicted molar refractivity (Wildman–Crippen MR) is 50.5 cm³/mol. The lowest BCUT2D eigenvalue weighted by Crippen LogP contribution is -2.43. The van der Waals surface area contributed by atoms with Gasteiger partial charge in [0.05, 0.1) is 18.1 Å². The highest BCUT2D eigenvalue weighted by molar-refractivity contribution is 6.18. The predicted octanol–water partition coefficient (Wildman–Crippen LogP) is 2.82. The summed E-state index contributed by atoms with van der Waals surface area (Å²) in [5.41, 5.74) is 0.0687. The van der Waals surface area contributed by atoms with Gasteiger partial charge < -0.3 is 4.74 Å². The molecule has 0 radical (unpaired) electrons. The molecule has 70 valence electrons. The minimum absolute atomic E-state index is 0.0687. The second-order valence-corrected chi connectivity index (χ2v) is 4.71. The van der Waals surface area contributed by atoms with Gasteiger partial charge in [0, 0.05) is 0 Å². The van der Waals surface area contributed by atoms with Crippen molar-refractivity contribution in [3.05, 3.63) is 0 Å². The molecule has 2 fully saturated rings. The van der Waals surface area contributed by atoms with Gasteiger partial charge >= 0.3 is 0 Å². The zero-order chi connectivity index (χ0) is 8.60. The molecule has 1 saturated heterocycles. The zero-order valence-electron chi connectivity index (χ0n) is 7.68. The van der Waals surface area contributed by atoms with Crippen LogP contribution in [0.3, 0.4) is 0 Å². The molecule has 1 nitrogen and oxygen atoms in total. The summed E-state index contributed by atoms with van der Waals surface area (Å²) in [5, 5.41) is 0. The third kappa shape index (κ3) is 1.27. The van der Waals surface area contributed by atoms with Crippen molar-refractivity contribution in [2.75, 3.05) is 12.5 Å². The molecule has 0 bridgehead atoms. The van der Waals surface area contributed by atoms with Crippen LogP contribution in [0.4, 0.5) is 0 Å². The van der Waals surface area contributed by atoms with Crippen LogP contribution >= 0.6 is 11.6 Å². The molecule has 1 heterocycles. The highest BCUT2D eigenvalue weighted by atomic mass is 35.5. The summed E-state index contributed by atoms with van der Waals surface area (Å²) in [7, 11) is 0. The van der Waals surface area contributed by atoms with Gasteiger partial charge in [-0.15, -0.1) is 11.6 Å². The summed E-state index contributed by atoms with van der Waals surface area (Å²) < 4.78 is 5.87. The first-order chi connectivity index (χ1) is 5.77. The maximum atomic E-state index is 6.01. The maximum Gasteiger partial charge on any atom is 0.0848 e. The van der Waals surface area contributed by atoms with Crippen LogP contribution < -0.4 is 0 Å². The lowest BCUT2D eigenvalue weighted by atomic mass is 9.71. The second-order valence-electron chi connectivity index (χ2n) is 4.45. The van der Waals surface area contributed by atoms with E-state index in [4.69, 9.17) is 16.3 Å². The van der Waals surface area contributed by atoms with Crippen molar-refractivity contribution in [3.8, 4) is 0 Å². The third-order valence-electron chi connectivity index (χ3n) is 3.42. The van der Waals surface area contributed by atoms with Gasteiger partial charge in [-0.1, -0.05) is 13.3 Å². The van der Waals surface area contributed by atoms with Crippen LogP contribution in [-0.4, -0.2) is 18.1 Å². The van der Waals surface area contributed by atoms with Gasteiger partial charge in [-0.3, -0.25) is 0 Å². The molecular weight excluding hydrogens is 172 g/mol. The molecule has 0 aromatic carbocycles. The summed E-state index contributed by atoms with van der Waals surface area (Å²) in [4.78, 5) is 0. The van der Waals surface area contributed by atoms with E-state index in [0.717, 1.165) is 12.5 Å². The van der Waals surface area contributed by atoms with Crippen molar-refractivity contribution in [1.29, 1.82) is 0 Å². The third-order valence-corrected chi connectivity index (χ3v) is 3.88. The molecule has 0 N–H and O–H groups in total. The van der Waals surface area contributed by atoms with E-state index in [0.29, 0.717) is 11.8 Å². The van der Waals surface area contributed by atoms with Crippen molar-refractivity contribution in [2.24, 2.45) is 11.8 Å². The summed E-state index contributed by atoms with van der Waals surface area (Å²) >= 11 is 6.01. The molecule has 1 aliphatic heterocycles. The summed E-state index contributed by atoms with van der Waals surface area (Å²) in [5.74, 6) is 2.17. The fraction of sp³-hybridized carbons (Fsp3) is 1.00. The van der Waals surface area contributed by atoms with Gasteiger partial charge in [-0.2, -0.15) is 0 Å². The van der Waals surface area contributed by atoms with Gasteiger partial charge in [0.2, 0.25) is 0 Å². The Morgan fingerprint density at radius 1 is 1.50 bits per heavy atom. The average Bonchev–Trinajstić information content (AvgIpc) is 2.30. The van der Waals surface area contributed by atoms with Gasteiger partial charge in [0.1, 0.15) is 0 Å². The molecule has 0 aromatic heterocycles. The number of hydrogen-bond donors (Lipinski definition) is 0. The molecule has 2 unspecified atom stereocenters. The number of alkyl halides is 1. The van der Waals surface area contributed by atoms with Crippen molar-refractivity contribution < 1.29 is 4.74 Å². The minimum Gasteiger partial charge on any atom is -0.373 e. The second kappa shape index (κ2) is 3.19. The van der Waals surface area contributed by atoms with Crippen molar-refractivity contribution in [2.45, 2.75) is 38.2 Å². The molecule has 2 atom stereocenters. The Bertz CT molecular complexity index is 167. The molecule has 0 aromatic rings. The van der Waals surface area contributed by atoms with Crippen LogP contribution in [0.25, 0.3) is 0 Å². The summed E-state index contributed by atoms with van der Waals surface area (Å²) in [6, 6.07) is 0.